The number of alkyl halides is 2. The monoisotopic (exact) mass is 342 g/mol. The summed E-state index contributed by atoms with van der Waals surface area (Å²) in [6.45, 7) is 1.42. The highest BCUT2D eigenvalue weighted by Crippen LogP contribution is 2.36. The molecule has 0 aromatic rings. The van der Waals surface area contributed by atoms with Crippen molar-refractivity contribution in [3.05, 3.63) is 0 Å². The summed E-state index contributed by atoms with van der Waals surface area (Å²) < 4.78 is 20.5. The van der Waals surface area contributed by atoms with Gasteiger partial charge in [-0.25, -0.2) is 8.42 Å². The van der Waals surface area contributed by atoms with Gasteiger partial charge in [-0.1, -0.05) is 15.9 Å². The second-order valence-corrected chi connectivity index (χ2v) is 9.89. The van der Waals surface area contributed by atoms with Crippen molar-refractivity contribution >= 4 is 48.4 Å². The van der Waals surface area contributed by atoms with Crippen LogP contribution in [-0.4, -0.2) is 27.5 Å². The molecule has 0 rings (SSSR count). The maximum atomic E-state index is 10.9. The summed E-state index contributed by atoms with van der Waals surface area (Å²) in [5.74, 6) is 0. The molecule has 0 heterocycles. The molecule has 0 aliphatic carbocycles. The summed E-state index contributed by atoms with van der Waals surface area (Å²) in [7, 11) is -3.25. The van der Waals surface area contributed by atoms with E-state index in [1.54, 1.807) is 22.6 Å². The Balaban J connectivity index is 4.76. The standard InChI is InChI=1S/C4H8BrIO3S/c1-3(7)4(5,6)10(2,8)9/h3,7H,1-2H3/t3-,4+/m0/s1. The predicted octanol–water partition coefficient (Wildman–Crippen LogP) is 0.895. The molecule has 0 radical (unpaired) electrons. The number of aliphatic hydroxyl groups excluding tert-OH is 1. The molecule has 0 unspecified atom stereocenters. The van der Waals surface area contributed by atoms with Crippen molar-refractivity contribution in [2.75, 3.05) is 6.26 Å². The third-order valence-corrected chi connectivity index (χ3v) is 8.04. The fourth-order valence-corrected chi connectivity index (χ4v) is 0.929. The predicted molar refractivity (Wildman–Crippen MR) is 52.2 cm³/mol. The summed E-state index contributed by atoms with van der Waals surface area (Å²) >= 11 is 4.57. The number of hydrogen-bond donors (Lipinski definition) is 1. The van der Waals surface area contributed by atoms with Crippen molar-refractivity contribution in [3.63, 3.8) is 0 Å². The van der Waals surface area contributed by atoms with Gasteiger partial charge in [-0.3, -0.25) is 0 Å². The van der Waals surface area contributed by atoms with Crippen LogP contribution in [0.5, 0.6) is 0 Å². The molecule has 0 amide bonds. The Hall–Kier alpha value is 1.12. The molecule has 2 atom stereocenters. The van der Waals surface area contributed by atoms with Crippen LogP contribution >= 0.6 is 38.5 Å². The van der Waals surface area contributed by atoms with Crippen LogP contribution in [-0.2, 0) is 9.84 Å². The van der Waals surface area contributed by atoms with Gasteiger partial charge in [0.05, 0.1) is 6.10 Å². The van der Waals surface area contributed by atoms with Gasteiger partial charge in [-0.15, -0.1) is 0 Å². The lowest BCUT2D eigenvalue weighted by Gasteiger charge is -2.20. The van der Waals surface area contributed by atoms with Crippen LogP contribution in [0.1, 0.15) is 6.92 Å². The first kappa shape index (κ1) is 11.1. The number of sulfone groups is 1. The highest BCUT2D eigenvalue weighted by atomic mass is 127. The first-order valence-corrected chi connectivity index (χ1v) is 6.21. The lowest BCUT2D eigenvalue weighted by atomic mass is 10.5. The van der Waals surface area contributed by atoms with Crippen LogP contribution in [0.3, 0.4) is 0 Å². The van der Waals surface area contributed by atoms with E-state index in [2.05, 4.69) is 15.9 Å². The zero-order chi connectivity index (χ0) is 8.58. The topological polar surface area (TPSA) is 54.4 Å². The van der Waals surface area contributed by atoms with Crippen LogP contribution in [0.25, 0.3) is 0 Å². The number of aliphatic hydroxyl groups is 1. The molecule has 3 nitrogen and oxygen atoms in total. The van der Waals surface area contributed by atoms with E-state index in [1.165, 1.54) is 6.92 Å². The Morgan fingerprint density at radius 3 is 2.00 bits per heavy atom. The van der Waals surface area contributed by atoms with Crippen LogP contribution in [0.4, 0.5) is 0 Å². The minimum absolute atomic E-state index is 0.928. The maximum Gasteiger partial charge on any atom is 0.202 e. The number of hydrogen-bond acceptors (Lipinski definition) is 3. The molecule has 0 fully saturated rings. The van der Waals surface area contributed by atoms with Crippen LogP contribution in [0, 0.1) is 0 Å². The molecule has 0 saturated carbocycles. The van der Waals surface area contributed by atoms with Crippen LogP contribution in [0.2, 0.25) is 0 Å². The summed E-state index contributed by atoms with van der Waals surface area (Å²) in [6.07, 6.45) is 0.143. The largest absolute Gasteiger partial charge is 0.390 e. The quantitative estimate of drug-likeness (QED) is 0.599. The Morgan fingerprint density at radius 1 is 1.70 bits per heavy atom. The van der Waals surface area contributed by atoms with E-state index in [0.717, 1.165) is 6.26 Å². The lowest BCUT2D eigenvalue weighted by molar-refractivity contribution is 0.208. The summed E-state index contributed by atoms with van der Waals surface area (Å²) in [5.41, 5.74) is 0. The average Bonchev–Trinajstić information content (AvgIpc) is 1.62. The van der Waals surface area contributed by atoms with Gasteiger partial charge < -0.3 is 5.11 Å². The van der Waals surface area contributed by atoms with E-state index < -0.39 is 17.6 Å². The fourth-order valence-electron chi connectivity index (χ4n) is 0.310. The zero-order valence-corrected chi connectivity index (χ0v) is 10.1. The van der Waals surface area contributed by atoms with Gasteiger partial charge in [0.1, 0.15) is 0 Å². The highest BCUT2D eigenvalue weighted by Gasteiger charge is 2.39. The van der Waals surface area contributed by atoms with E-state index in [9.17, 15) is 8.42 Å². The molecule has 6 heteroatoms. The molecule has 0 bridgehead atoms. The minimum atomic E-state index is -3.25. The smallest absolute Gasteiger partial charge is 0.202 e. The van der Waals surface area contributed by atoms with E-state index >= 15 is 0 Å². The molecule has 1 N–H and O–H groups in total. The molecule has 0 aromatic heterocycles. The Kier molecular flexibility index (Phi) is 3.60. The summed E-state index contributed by atoms with van der Waals surface area (Å²) in [5, 5.41) is 8.98. The van der Waals surface area contributed by atoms with E-state index in [-0.39, 0.29) is 0 Å². The number of halogens is 2. The second-order valence-electron chi connectivity index (χ2n) is 2.01. The molecule has 0 spiro atoms. The zero-order valence-electron chi connectivity index (χ0n) is 5.51. The summed E-state index contributed by atoms with van der Waals surface area (Å²) in [6, 6.07) is 0. The Morgan fingerprint density at radius 2 is 2.00 bits per heavy atom. The SMILES string of the molecule is C[C@H](O)[C@@](Br)(I)S(C)(=O)=O. The Labute approximate surface area is 82.4 Å². The first-order valence-electron chi connectivity index (χ1n) is 2.45. The lowest BCUT2D eigenvalue weighted by Crippen LogP contribution is -2.35. The van der Waals surface area contributed by atoms with Gasteiger partial charge in [-0.05, 0) is 29.5 Å². The minimum Gasteiger partial charge on any atom is -0.390 e. The Bertz CT molecular complexity index is 209. The van der Waals surface area contributed by atoms with Crippen molar-refractivity contribution in [3.8, 4) is 0 Å². The van der Waals surface area contributed by atoms with Gasteiger partial charge in [-0.2, -0.15) is 0 Å². The van der Waals surface area contributed by atoms with Gasteiger partial charge >= 0.3 is 0 Å². The van der Waals surface area contributed by atoms with Crippen molar-refractivity contribution in [1.82, 2.24) is 0 Å². The molecule has 0 aliphatic heterocycles. The van der Waals surface area contributed by atoms with Gasteiger partial charge in [0.25, 0.3) is 0 Å². The molecule has 10 heavy (non-hydrogen) atoms. The van der Waals surface area contributed by atoms with Crippen LogP contribution in [0.15, 0.2) is 0 Å². The fraction of sp³-hybridized carbons (Fsp3) is 1.00. The summed E-state index contributed by atoms with van der Waals surface area (Å²) in [4.78, 5) is 0. The van der Waals surface area contributed by atoms with Crippen molar-refractivity contribution in [1.29, 1.82) is 0 Å². The molecular formula is C4H8BrIO3S. The molecule has 0 saturated heterocycles. The molecular weight excluding hydrogens is 335 g/mol. The van der Waals surface area contributed by atoms with E-state index in [4.69, 9.17) is 5.11 Å². The third kappa shape index (κ3) is 2.31. The average molecular weight is 343 g/mol. The van der Waals surface area contributed by atoms with Gasteiger partial charge in [0.2, 0.25) is 1.66 Å². The highest BCUT2D eigenvalue weighted by molar-refractivity contribution is 14.1. The molecule has 0 aliphatic rings. The normalized spacial score (nSPS) is 21.7. The molecule has 62 valence electrons. The van der Waals surface area contributed by atoms with Crippen molar-refractivity contribution in [2.45, 2.75) is 14.7 Å². The van der Waals surface area contributed by atoms with E-state index in [1.807, 2.05) is 0 Å². The number of rotatable bonds is 2. The third-order valence-electron chi connectivity index (χ3n) is 0.981. The van der Waals surface area contributed by atoms with Crippen molar-refractivity contribution in [2.24, 2.45) is 0 Å². The van der Waals surface area contributed by atoms with Crippen LogP contribution < -0.4 is 0 Å². The first-order chi connectivity index (χ1) is 4.19. The maximum absolute atomic E-state index is 10.9. The van der Waals surface area contributed by atoms with E-state index in [0.29, 0.717) is 0 Å². The van der Waals surface area contributed by atoms with Crippen molar-refractivity contribution < 1.29 is 13.5 Å². The van der Waals surface area contributed by atoms with Gasteiger partial charge in [0.15, 0.2) is 9.84 Å². The van der Waals surface area contributed by atoms with Gasteiger partial charge in [0, 0.05) is 6.26 Å². The molecule has 0 aromatic carbocycles. The second kappa shape index (κ2) is 3.24.